The van der Waals surface area contributed by atoms with Crippen LogP contribution in [0.25, 0.3) is 0 Å². The van der Waals surface area contributed by atoms with Crippen LogP contribution in [0.15, 0.2) is 58.3 Å². The third kappa shape index (κ3) is 4.84. The molecular weight excluding hydrogens is 348 g/mol. The molecular formula is C16H16N2O4S2. The summed E-state index contributed by atoms with van der Waals surface area (Å²) in [6, 6.07) is 12.8. The Morgan fingerprint density at radius 2 is 1.71 bits per heavy atom. The van der Waals surface area contributed by atoms with Crippen molar-refractivity contribution in [3.8, 4) is 0 Å². The summed E-state index contributed by atoms with van der Waals surface area (Å²) in [7, 11) is -3.28. The maximum Gasteiger partial charge on any atom is 0.256 e. The molecule has 0 radical (unpaired) electrons. The molecule has 3 N–H and O–H groups in total. The van der Waals surface area contributed by atoms with Gasteiger partial charge in [-0.05, 0) is 36.4 Å². The smallest absolute Gasteiger partial charge is 0.256 e. The lowest BCUT2D eigenvalue weighted by molar-refractivity contribution is -0.115. The van der Waals surface area contributed by atoms with Crippen molar-refractivity contribution >= 4 is 39.1 Å². The second-order valence-electron chi connectivity index (χ2n) is 5.00. The van der Waals surface area contributed by atoms with Crippen molar-refractivity contribution in [2.45, 2.75) is 9.79 Å². The highest BCUT2D eigenvalue weighted by molar-refractivity contribution is 8.00. The Hall–Kier alpha value is -2.32. The van der Waals surface area contributed by atoms with Gasteiger partial charge in [0.1, 0.15) is 0 Å². The summed E-state index contributed by atoms with van der Waals surface area (Å²) in [6.07, 6.45) is 1.12. The second kappa shape index (κ2) is 7.50. The number of sulfone groups is 1. The van der Waals surface area contributed by atoms with Crippen LogP contribution >= 0.6 is 11.8 Å². The van der Waals surface area contributed by atoms with E-state index in [0.717, 1.165) is 6.26 Å². The molecule has 0 heterocycles. The summed E-state index contributed by atoms with van der Waals surface area (Å²) in [5.74, 6) is -0.742. The SMILES string of the molecule is CS(=O)(=O)c1ccc(NC(=O)c2ccccc2SCC(N)=O)cc1. The van der Waals surface area contributed by atoms with Crippen LogP contribution in [-0.4, -0.2) is 32.2 Å². The van der Waals surface area contributed by atoms with Gasteiger partial charge in [-0.25, -0.2) is 8.42 Å². The van der Waals surface area contributed by atoms with E-state index < -0.39 is 15.7 Å². The largest absolute Gasteiger partial charge is 0.369 e. The Bertz CT molecular complexity index is 862. The number of anilines is 1. The third-order valence-electron chi connectivity index (χ3n) is 3.04. The van der Waals surface area contributed by atoms with Gasteiger partial charge >= 0.3 is 0 Å². The summed E-state index contributed by atoms with van der Waals surface area (Å²) in [5, 5.41) is 2.70. The topological polar surface area (TPSA) is 106 Å². The highest BCUT2D eigenvalue weighted by atomic mass is 32.2. The molecule has 2 aromatic rings. The molecule has 0 saturated heterocycles. The highest BCUT2D eigenvalue weighted by Gasteiger charge is 2.13. The number of nitrogens with one attached hydrogen (secondary N) is 1. The van der Waals surface area contributed by atoms with Crippen molar-refractivity contribution in [3.63, 3.8) is 0 Å². The van der Waals surface area contributed by atoms with Crippen molar-refractivity contribution in [1.82, 2.24) is 0 Å². The number of hydrogen-bond donors (Lipinski definition) is 2. The van der Waals surface area contributed by atoms with Crippen molar-refractivity contribution < 1.29 is 18.0 Å². The molecule has 2 rings (SSSR count). The lowest BCUT2D eigenvalue weighted by atomic mass is 10.2. The van der Waals surface area contributed by atoms with Gasteiger partial charge in [0.2, 0.25) is 5.91 Å². The fraction of sp³-hybridized carbons (Fsp3) is 0.125. The van der Waals surface area contributed by atoms with E-state index in [0.29, 0.717) is 16.1 Å². The molecule has 0 spiro atoms. The molecule has 0 aliphatic rings. The minimum absolute atomic E-state index is 0.0767. The van der Waals surface area contributed by atoms with Gasteiger partial charge < -0.3 is 11.1 Å². The molecule has 0 aliphatic carbocycles. The monoisotopic (exact) mass is 364 g/mol. The summed E-state index contributed by atoms with van der Waals surface area (Å²) in [5.41, 5.74) is 6.02. The minimum Gasteiger partial charge on any atom is -0.369 e. The van der Waals surface area contributed by atoms with Crippen LogP contribution in [0.4, 0.5) is 5.69 Å². The van der Waals surface area contributed by atoms with E-state index in [9.17, 15) is 18.0 Å². The first kappa shape index (κ1) is 18.0. The average Bonchev–Trinajstić information content (AvgIpc) is 2.52. The Balaban J connectivity index is 2.17. The first-order chi connectivity index (χ1) is 11.3. The van der Waals surface area contributed by atoms with Crippen molar-refractivity contribution in [3.05, 3.63) is 54.1 Å². The molecule has 8 heteroatoms. The molecule has 0 unspecified atom stereocenters. The van der Waals surface area contributed by atoms with E-state index in [1.165, 1.54) is 36.0 Å². The molecule has 0 bridgehead atoms. The molecule has 126 valence electrons. The fourth-order valence-electron chi connectivity index (χ4n) is 1.91. The maximum atomic E-state index is 12.4. The number of thioether (sulfide) groups is 1. The van der Waals surface area contributed by atoms with E-state index in [1.807, 2.05) is 0 Å². The predicted octanol–water partition coefficient (Wildman–Crippen LogP) is 1.92. The van der Waals surface area contributed by atoms with Gasteiger partial charge in [-0.2, -0.15) is 0 Å². The maximum absolute atomic E-state index is 12.4. The van der Waals surface area contributed by atoms with Crippen molar-refractivity contribution in [2.75, 3.05) is 17.3 Å². The molecule has 2 amide bonds. The number of rotatable bonds is 6. The number of primary amides is 1. The van der Waals surface area contributed by atoms with Crippen molar-refractivity contribution in [1.29, 1.82) is 0 Å². The summed E-state index contributed by atoms with van der Waals surface area (Å²) in [6.45, 7) is 0. The fourth-order valence-corrected chi connectivity index (χ4v) is 3.33. The molecule has 6 nitrogen and oxygen atoms in total. The third-order valence-corrected chi connectivity index (χ3v) is 5.27. The normalized spacial score (nSPS) is 11.0. The minimum atomic E-state index is -3.28. The number of amides is 2. The van der Waals surface area contributed by atoms with Crippen LogP contribution in [0.5, 0.6) is 0 Å². The summed E-state index contributed by atoms with van der Waals surface area (Å²) < 4.78 is 22.9. The summed E-state index contributed by atoms with van der Waals surface area (Å²) >= 11 is 1.19. The van der Waals surface area contributed by atoms with Gasteiger partial charge in [0.25, 0.3) is 5.91 Å². The van der Waals surface area contributed by atoms with E-state index in [-0.39, 0.29) is 16.6 Å². The molecule has 24 heavy (non-hydrogen) atoms. The zero-order valence-corrected chi connectivity index (χ0v) is 14.5. The van der Waals surface area contributed by atoms with Crippen LogP contribution < -0.4 is 11.1 Å². The van der Waals surface area contributed by atoms with E-state index in [4.69, 9.17) is 5.73 Å². The van der Waals surface area contributed by atoms with Gasteiger partial charge in [0, 0.05) is 16.8 Å². The molecule has 0 atom stereocenters. The van der Waals surface area contributed by atoms with Gasteiger partial charge in [0.15, 0.2) is 9.84 Å². The first-order valence-corrected chi connectivity index (χ1v) is 9.76. The number of nitrogens with two attached hydrogens (primary N) is 1. The second-order valence-corrected chi connectivity index (χ2v) is 8.03. The number of carbonyl (C=O) groups is 2. The zero-order chi connectivity index (χ0) is 17.7. The predicted molar refractivity (Wildman–Crippen MR) is 93.9 cm³/mol. The number of hydrogen-bond acceptors (Lipinski definition) is 5. The van der Waals surface area contributed by atoms with Gasteiger partial charge in [0.05, 0.1) is 16.2 Å². The Morgan fingerprint density at radius 1 is 1.08 bits per heavy atom. The number of carbonyl (C=O) groups excluding carboxylic acids is 2. The average molecular weight is 364 g/mol. The van der Waals surface area contributed by atoms with Gasteiger partial charge in [-0.15, -0.1) is 11.8 Å². The van der Waals surface area contributed by atoms with Gasteiger partial charge in [-0.3, -0.25) is 9.59 Å². The van der Waals surface area contributed by atoms with Crippen molar-refractivity contribution in [2.24, 2.45) is 5.73 Å². The van der Waals surface area contributed by atoms with Crippen LogP contribution in [0.1, 0.15) is 10.4 Å². The first-order valence-electron chi connectivity index (χ1n) is 6.89. The van der Waals surface area contributed by atoms with Crippen LogP contribution in [0, 0.1) is 0 Å². The highest BCUT2D eigenvalue weighted by Crippen LogP contribution is 2.23. The van der Waals surface area contributed by atoms with Gasteiger partial charge in [-0.1, -0.05) is 12.1 Å². The van der Waals surface area contributed by atoms with E-state index >= 15 is 0 Å². The molecule has 0 aromatic heterocycles. The lowest BCUT2D eigenvalue weighted by Gasteiger charge is -2.09. The van der Waals surface area contributed by atoms with Crippen LogP contribution in [0.3, 0.4) is 0 Å². The quantitative estimate of drug-likeness (QED) is 0.762. The standard InChI is InChI=1S/C16H16N2O4S2/c1-24(21,22)12-8-6-11(7-9-12)18-16(20)13-4-2-3-5-14(13)23-10-15(17)19/h2-9H,10H2,1H3,(H2,17,19)(H,18,20). The molecule has 0 fully saturated rings. The molecule has 0 saturated carbocycles. The Kier molecular flexibility index (Phi) is 5.63. The molecule has 2 aromatic carbocycles. The summed E-state index contributed by atoms with van der Waals surface area (Å²) in [4.78, 5) is 24.1. The van der Waals surface area contributed by atoms with E-state index in [2.05, 4.69) is 5.32 Å². The van der Waals surface area contributed by atoms with E-state index in [1.54, 1.807) is 24.3 Å². The molecule has 0 aliphatic heterocycles. The van der Waals surface area contributed by atoms with Crippen LogP contribution in [-0.2, 0) is 14.6 Å². The zero-order valence-electron chi connectivity index (χ0n) is 12.9. The Labute approximate surface area is 144 Å². The number of benzene rings is 2. The lowest BCUT2D eigenvalue weighted by Crippen LogP contribution is -2.15. The Morgan fingerprint density at radius 3 is 2.29 bits per heavy atom. The van der Waals surface area contributed by atoms with Crippen LogP contribution in [0.2, 0.25) is 0 Å².